The lowest BCUT2D eigenvalue weighted by Crippen LogP contribution is -2.21. The van der Waals surface area contributed by atoms with Gasteiger partial charge in [0.05, 0.1) is 35.5 Å². The summed E-state index contributed by atoms with van der Waals surface area (Å²) in [5.41, 5.74) is 9.50. The van der Waals surface area contributed by atoms with Crippen LogP contribution in [-0.2, 0) is 11.8 Å². The highest BCUT2D eigenvalue weighted by molar-refractivity contribution is 5.80. The zero-order valence-electron chi connectivity index (χ0n) is 15.1. The third kappa shape index (κ3) is 3.49. The van der Waals surface area contributed by atoms with Crippen molar-refractivity contribution in [3.8, 4) is 11.5 Å². The number of nitrogen functional groups attached to an aromatic ring is 1. The van der Waals surface area contributed by atoms with E-state index in [2.05, 4.69) is 19.6 Å². The number of nitrogens with zero attached hydrogens (tertiary/aromatic N) is 5. The average molecular weight is 366 g/mol. The number of para-hydroxylation sites is 2. The Bertz CT molecular complexity index is 1060. The zero-order valence-corrected chi connectivity index (χ0v) is 15.1. The normalized spacial score (nSPS) is 17.0. The van der Waals surface area contributed by atoms with Crippen molar-refractivity contribution in [1.82, 2.24) is 24.1 Å². The van der Waals surface area contributed by atoms with Crippen molar-refractivity contribution in [3.63, 3.8) is 0 Å². The molecule has 0 radical (unpaired) electrons. The number of aryl methyl sites for hydroxylation is 1. The highest BCUT2D eigenvalue weighted by Crippen LogP contribution is 2.24. The Morgan fingerprint density at radius 1 is 1.22 bits per heavy atom. The molecular weight excluding hydrogens is 344 g/mol. The van der Waals surface area contributed by atoms with E-state index in [0.717, 1.165) is 47.5 Å². The Balaban J connectivity index is 0.000000218. The second-order valence-corrected chi connectivity index (χ2v) is 6.53. The van der Waals surface area contributed by atoms with Crippen LogP contribution in [-0.4, -0.2) is 48.6 Å². The topological polar surface area (TPSA) is 103 Å². The lowest BCUT2D eigenvalue weighted by molar-refractivity contribution is -0.00535. The molecule has 1 aliphatic heterocycles. The van der Waals surface area contributed by atoms with E-state index in [1.807, 2.05) is 43.4 Å². The van der Waals surface area contributed by atoms with E-state index >= 15 is 0 Å². The molecule has 1 fully saturated rings. The van der Waals surface area contributed by atoms with Gasteiger partial charge in [-0.05, 0) is 37.1 Å². The van der Waals surface area contributed by atoms with E-state index in [9.17, 15) is 0 Å². The van der Waals surface area contributed by atoms with Gasteiger partial charge in [0, 0.05) is 13.7 Å². The predicted molar refractivity (Wildman–Crippen MR) is 103 cm³/mol. The summed E-state index contributed by atoms with van der Waals surface area (Å²) >= 11 is 0. The maximum absolute atomic E-state index is 8.78. The number of rotatable bonds is 1. The molecule has 8 nitrogen and oxygen atoms in total. The second kappa shape index (κ2) is 7.34. The Morgan fingerprint density at radius 2 is 2.07 bits per heavy atom. The minimum absolute atomic E-state index is 0.186. The standard InChI is InChI=1S/C14H12N6.C5H10O2/c1-19-11-5-3-2-4-10(11)17-13(19)12-7-6-9-8-16-14(15)18-20(9)12;6-5-2-1-3-7-4-5/h2-8H,1H3,(H2,15,18);5-6H,1-4H2. The monoisotopic (exact) mass is 366 g/mol. The van der Waals surface area contributed by atoms with Crippen molar-refractivity contribution in [3.05, 3.63) is 42.6 Å². The summed E-state index contributed by atoms with van der Waals surface area (Å²) in [6.07, 6.45) is 3.45. The van der Waals surface area contributed by atoms with Gasteiger partial charge < -0.3 is 20.1 Å². The average Bonchev–Trinajstić information content (AvgIpc) is 3.24. The summed E-state index contributed by atoms with van der Waals surface area (Å²) in [7, 11) is 1.99. The molecule has 0 bridgehead atoms. The van der Waals surface area contributed by atoms with Crippen LogP contribution in [0.25, 0.3) is 28.1 Å². The maximum atomic E-state index is 8.78. The lowest BCUT2D eigenvalue weighted by Gasteiger charge is -2.15. The largest absolute Gasteiger partial charge is 0.391 e. The molecule has 0 spiro atoms. The van der Waals surface area contributed by atoms with Crippen LogP contribution in [0.2, 0.25) is 0 Å². The third-order valence-electron chi connectivity index (χ3n) is 4.57. The molecule has 3 aromatic heterocycles. The Labute approximate surface area is 156 Å². The molecule has 8 heteroatoms. The Kier molecular flexibility index (Phi) is 4.74. The quantitative estimate of drug-likeness (QED) is 0.534. The highest BCUT2D eigenvalue weighted by atomic mass is 16.5. The highest BCUT2D eigenvalue weighted by Gasteiger charge is 2.14. The van der Waals surface area contributed by atoms with Crippen molar-refractivity contribution >= 4 is 22.5 Å². The first-order chi connectivity index (χ1) is 13.1. The summed E-state index contributed by atoms with van der Waals surface area (Å²) in [6, 6.07) is 12.0. The van der Waals surface area contributed by atoms with Gasteiger partial charge in [0.15, 0.2) is 5.82 Å². The molecule has 0 aliphatic carbocycles. The van der Waals surface area contributed by atoms with Gasteiger partial charge in [-0.1, -0.05) is 12.1 Å². The van der Waals surface area contributed by atoms with Gasteiger partial charge >= 0.3 is 0 Å². The molecule has 1 atom stereocenters. The number of aliphatic hydroxyl groups is 1. The predicted octanol–water partition coefficient (Wildman–Crippen LogP) is 2.02. The minimum atomic E-state index is -0.186. The van der Waals surface area contributed by atoms with Crippen LogP contribution in [0, 0.1) is 0 Å². The maximum Gasteiger partial charge on any atom is 0.238 e. The molecule has 1 aliphatic rings. The lowest BCUT2D eigenvalue weighted by atomic mass is 10.2. The van der Waals surface area contributed by atoms with Crippen LogP contribution < -0.4 is 5.73 Å². The van der Waals surface area contributed by atoms with Gasteiger partial charge in [-0.2, -0.15) is 0 Å². The molecule has 1 saturated heterocycles. The molecule has 1 unspecified atom stereocenters. The van der Waals surface area contributed by atoms with Crippen molar-refractivity contribution in [2.75, 3.05) is 18.9 Å². The summed E-state index contributed by atoms with van der Waals surface area (Å²) in [5.74, 6) is 1.10. The molecule has 4 heterocycles. The van der Waals surface area contributed by atoms with Crippen molar-refractivity contribution in [2.24, 2.45) is 7.05 Å². The second-order valence-electron chi connectivity index (χ2n) is 6.53. The number of aromatic nitrogens is 5. The van der Waals surface area contributed by atoms with Crippen LogP contribution >= 0.6 is 0 Å². The molecule has 0 amide bonds. The summed E-state index contributed by atoms with van der Waals surface area (Å²) < 4.78 is 8.75. The SMILES string of the molecule is Cn1c(-c2ccc3cnc(N)nn23)nc2ccccc21.OC1CCCOC1. The fraction of sp³-hybridized carbons (Fsp3) is 0.316. The number of anilines is 1. The molecule has 1 aromatic carbocycles. The minimum Gasteiger partial charge on any atom is -0.391 e. The molecule has 4 aromatic rings. The molecule has 5 rings (SSSR count). The fourth-order valence-corrected chi connectivity index (χ4v) is 3.18. The molecule has 3 N–H and O–H groups in total. The number of nitrogens with two attached hydrogens (primary N) is 1. The van der Waals surface area contributed by atoms with Gasteiger partial charge in [0.2, 0.25) is 5.95 Å². The number of imidazole rings is 1. The first-order valence-corrected chi connectivity index (χ1v) is 8.91. The smallest absolute Gasteiger partial charge is 0.238 e. The van der Waals surface area contributed by atoms with E-state index in [1.165, 1.54) is 0 Å². The number of fused-ring (bicyclic) bond motifs is 2. The van der Waals surface area contributed by atoms with E-state index in [-0.39, 0.29) is 12.1 Å². The summed E-state index contributed by atoms with van der Waals surface area (Å²) in [5, 5.41) is 13.0. The Morgan fingerprint density at radius 3 is 2.78 bits per heavy atom. The van der Waals surface area contributed by atoms with E-state index in [0.29, 0.717) is 6.61 Å². The van der Waals surface area contributed by atoms with Crippen LogP contribution in [0.5, 0.6) is 0 Å². The number of hydrogen-bond donors (Lipinski definition) is 2. The van der Waals surface area contributed by atoms with E-state index in [4.69, 9.17) is 15.6 Å². The number of aliphatic hydroxyl groups excluding tert-OH is 1. The van der Waals surface area contributed by atoms with Gasteiger partial charge in [-0.25, -0.2) is 14.5 Å². The Hall–Kier alpha value is -2.97. The zero-order chi connectivity index (χ0) is 18.8. The van der Waals surface area contributed by atoms with Crippen molar-refractivity contribution in [2.45, 2.75) is 18.9 Å². The first kappa shape index (κ1) is 17.4. The summed E-state index contributed by atoms with van der Waals surface area (Å²) in [4.78, 5) is 8.67. The van der Waals surface area contributed by atoms with E-state index < -0.39 is 0 Å². The van der Waals surface area contributed by atoms with Crippen molar-refractivity contribution < 1.29 is 9.84 Å². The van der Waals surface area contributed by atoms with Crippen LogP contribution in [0.15, 0.2) is 42.6 Å². The van der Waals surface area contributed by atoms with Gasteiger partial charge in [-0.3, -0.25) is 0 Å². The van der Waals surface area contributed by atoms with Gasteiger partial charge in [0.1, 0.15) is 5.69 Å². The van der Waals surface area contributed by atoms with Gasteiger partial charge in [0.25, 0.3) is 0 Å². The van der Waals surface area contributed by atoms with Crippen molar-refractivity contribution in [1.29, 1.82) is 0 Å². The number of hydrogen-bond acceptors (Lipinski definition) is 6. The molecule has 27 heavy (non-hydrogen) atoms. The van der Waals surface area contributed by atoms with Gasteiger partial charge in [-0.15, -0.1) is 5.10 Å². The fourth-order valence-electron chi connectivity index (χ4n) is 3.18. The van der Waals surface area contributed by atoms with Crippen LogP contribution in [0.3, 0.4) is 0 Å². The summed E-state index contributed by atoms with van der Waals surface area (Å²) in [6.45, 7) is 1.37. The number of ether oxygens (including phenoxy) is 1. The van der Waals surface area contributed by atoms with E-state index in [1.54, 1.807) is 10.7 Å². The van der Waals surface area contributed by atoms with Crippen LogP contribution in [0.4, 0.5) is 5.95 Å². The molecule has 0 saturated carbocycles. The molecule has 140 valence electrons. The number of benzene rings is 1. The van der Waals surface area contributed by atoms with Crippen LogP contribution in [0.1, 0.15) is 12.8 Å². The third-order valence-corrected chi connectivity index (χ3v) is 4.57. The first-order valence-electron chi connectivity index (χ1n) is 8.91. The molecular formula is C19H22N6O2.